The van der Waals surface area contributed by atoms with E-state index >= 15 is 0 Å². The zero-order chi connectivity index (χ0) is 13.1. The van der Waals surface area contributed by atoms with Crippen molar-refractivity contribution in [2.45, 2.75) is 31.7 Å². The van der Waals surface area contributed by atoms with Gasteiger partial charge in [0.15, 0.2) is 0 Å². The number of nitrogens with zero attached hydrogens (tertiary/aromatic N) is 4. The van der Waals surface area contributed by atoms with Crippen molar-refractivity contribution in [3.8, 4) is 6.07 Å². The lowest BCUT2D eigenvalue weighted by molar-refractivity contribution is 0.215. The zero-order valence-electron chi connectivity index (χ0n) is 11.3. The minimum absolute atomic E-state index is 0.643. The average Bonchev–Trinajstić information content (AvgIpc) is 3.01. The molecule has 4 nitrogen and oxygen atoms in total. The lowest BCUT2D eigenvalue weighted by Crippen LogP contribution is -2.47. The van der Waals surface area contributed by atoms with Gasteiger partial charge in [0.25, 0.3) is 0 Å². The van der Waals surface area contributed by atoms with Crippen LogP contribution in [0.15, 0.2) is 18.3 Å². The van der Waals surface area contributed by atoms with E-state index in [1.54, 1.807) is 6.20 Å². The van der Waals surface area contributed by atoms with Gasteiger partial charge in [0.2, 0.25) is 0 Å². The van der Waals surface area contributed by atoms with E-state index < -0.39 is 0 Å². The van der Waals surface area contributed by atoms with Crippen molar-refractivity contribution in [1.82, 2.24) is 9.88 Å². The number of pyridine rings is 1. The standard InChI is InChI=1S/C15H20N4/c16-11-13-5-3-7-17-15(13)19-10-4-6-14(12-19)18-8-1-2-9-18/h3,5,7,14H,1-2,4,6,8-10,12H2. The molecule has 100 valence electrons. The summed E-state index contributed by atoms with van der Waals surface area (Å²) >= 11 is 0. The van der Waals surface area contributed by atoms with Crippen molar-refractivity contribution >= 4 is 5.82 Å². The van der Waals surface area contributed by atoms with Crippen LogP contribution in [0.4, 0.5) is 5.82 Å². The smallest absolute Gasteiger partial charge is 0.146 e. The molecular weight excluding hydrogens is 236 g/mol. The van der Waals surface area contributed by atoms with E-state index in [-0.39, 0.29) is 0 Å². The summed E-state index contributed by atoms with van der Waals surface area (Å²) in [5.41, 5.74) is 0.699. The topological polar surface area (TPSA) is 43.2 Å². The third-order valence-corrected chi connectivity index (χ3v) is 4.26. The Bertz CT molecular complexity index is 473. The van der Waals surface area contributed by atoms with Gasteiger partial charge in [0, 0.05) is 25.3 Å². The molecule has 4 heteroatoms. The molecule has 0 bridgehead atoms. The maximum absolute atomic E-state index is 9.20. The molecular formula is C15H20N4. The second-order valence-corrected chi connectivity index (χ2v) is 5.47. The van der Waals surface area contributed by atoms with E-state index in [9.17, 15) is 5.26 Å². The van der Waals surface area contributed by atoms with Gasteiger partial charge in [-0.25, -0.2) is 4.98 Å². The zero-order valence-corrected chi connectivity index (χ0v) is 11.3. The number of nitriles is 1. The second kappa shape index (κ2) is 5.58. The molecule has 0 aliphatic carbocycles. The first-order valence-corrected chi connectivity index (χ1v) is 7.22. The molecule has 2 fully saturated rings. The van der Waals surface area contributed by atoms with Crippen molar-refractivity contribution in [3.63, 3.8) is 0 Å². The van der Waals surface area contributed by atoms with Gasteiger partial charge in [-0.05, 0) is 50.9 Å². The third kappa shape index (κ3) is 2.57. The Balaban J connectivity index is 1.76. The van der Waals surface area contributed by atoms with Gasteiger partial charge < -0.3 is 4.90 Å². The largest absolute Gasteiger partial charge is 0.354 e. The molecule has 3 rings (SSSR count). The Kier molecular flexibility index (Phi) is 3.65. The molecule has 1 aromatic heterocycles. The van der Waals surface area contributed by atoms with Crippen LogP contribution in [0.5, 0.6) is 0 Å². The van der Waals surface area contributed by atoms with Gasteiger partial charge in [-0.1, -0.05) is 0 Å². The fraction of sp³-hybridized carbons (Fsp3) is 0.600. The van der Waals surface area contributed by atoms with E-state index in [4.69, 9.17) is 0 Å². The number of rotatable bonds is 2. The number of anilines is 1. The van der Waals surface area contributed by atoms with Crippen LogP contribution in [0.25, 0.3) is 0 Å². The molecule has 0 aromatic carbocycles. The van der Waals surface area contributed by atoms with E-state index in [0.29, 0.717) is 11.6 Å². The van der Waals surface area contributed by atoms with E-state index in [0.717, 1.165) is 18.9 Å². The maximum atomic E-state index is 9.20. The molecule has 19 heavy (non-hydrogen) atoms. The van der Waals surface area contributed by atoms with Gasteiger partial charge >= 0.3 is 0 Å². The minimum Gasteiger partial charge on any atom is -0.354 e. The Labute approximate surface area is 114 Å². The summed E-state index contributed by atoms with van der Waals surface area (Å²) in [6, 6.07) is 6.60. The van der Waals surface area contributed by atoms with Crippen LogP contribution in [-0.2, 0) is 0 Å². The summed E-state index contributed by atoms with van der Waals surface area (Å²) in [6.45, 7) is 4.53. The lowest BCUT2D eigenvalue weighted by Gasteiger charge is -2.38. The molecule has 0 N–H and O–H groups in total. The molecule has 2 aliphatic heterocycles. The number of likely N-dealkylation sites (tertiary alicyclic amines) is 1. The number of hydrogen-bond donors (Lipinski definition) is 0. The van der Waals surface area contributed by atoms with Crippen LogP contribution >= 0.6 is 0 Å². The average molecular weight is 256 g/mol. The SMILES string of the molecule is N#Cc1cccnc1N1CCCC(N2CCCC2)C1. The predicted octanol–water partition coefficient (Wildman–Crippen LogP) is 2.02. The van der Waals surface area contributed by atoms with Crippen LogP contribution in [0.1, 0.15) is 31.2 Å². The summed E-state index contributed by atoms with van der Waals surface area (Å²) in [5.74, 6) is 0.869. The normalized spacial score (nSPS) is 24.4. The van der Waals surface area contributed by atoms with Crippen molar-refractivity contribution in [3.05, 3.63) is 23.9 Å². The quantitative estimate of drug-likeness (QED) is 0.812. The van der Waals surface area contributed by atoms with E-state index in [1.165, 1.54) is 38.8 Å². The van der Waals surface area contributed by atoms with Gasteiger partial charge in [-0.15, -0.1) is 0 Å². The highest BCUT2D eigenvalue weighted by atomic mass is 15.3. The monoisotopic (exact) mass is 256 g/mol. The molecule has 1 atom stereocenters. The number of piperidine rings is 1. The van der Waals surface area contributed by atoms with Gasteiger partial charge in [-0.3, -0.25) is 4.90 Å². The summed E-state index contributed by atoms with van der Waals surface area (Å²) < 4.78 is 0. The fourth-order valence-corrected chi connectivity index (χ4v) is 3.29. The molecule has 0 radical (unpaired) electrons. The van der Waals surface area contributed by atoms with Gasteiger partial charge in [0.1, 0.15) is 11.9 Å². The Morgan fingerprint density at radius 3 is 2.84 bits per heavy atom. The highest BCUT2D eigenvalue weighted by Gasteiger charge is 2.28. The Morgan fingerprint density at radius 2 is 2.05 bits per heavy atom. The molecule has 0 spiro atoms. The van der Waals surface area contributed by atoms with Crippen LogP contribution in [0.3, 0.4) is 0 Å². The highest BCUT2D eigenvalue weighted by Crippen LogP contribution is 2.25. The van der Waals surface area contributed by atoms with Crippen LogP contribution in [0.2, 0.25) is 0 Å². The molecule has 3 heterocycles. The third-order valence-electron chi connectivity index (χ3n) is 4.26. The summed E-state index contributed by atoms with van der Waals surface area (Å²) in [5, 5.41) is 9.20. The van der Waals surface area contributed by atoms with E-state index in [2.05, 4.69) is 20.9 Å². The lowest BCUT2D eigenvalue weighted by atomic mass is 10.0. The summed E-state index contributed by atoms with van der Waals surface area (Å²) in [7, 11) is 0. The van der Waals surface area contributed by atoms with Gasteiger partial charge in [0.05, 0.1) is 5.56 Å². The van der Waals surface area contributed by atoms with Crippen LogP contribution < -0.4 is 4.90 Å². The molecule has 1 unspecified atom stereocenters. The molecule has 2 aliphatic rings. The second-order valence-electron chi connectivity index (χ2n) is 5.47. The van der Waals surface area contributed by atoms with Crippen LogP contribution in [-0.4, -0.2) is 42.1 Å². The Morgan fingerprint density at radius 1 is 1.21 bits per heavy atom. The summed E-state index contributed by atoms with van der Waals surface area (Å²) in [4.78, 5) is 9.33. The van der Waals surface area contributed by atoms with Crippen LogP contribution in [0, 0.1) is 11.3 Å². The highest BCUT2D eigenvalue weighted by molar-refractivity contribution is 5.53. The minimum atomic E-state index is 0.643. The van der Waals surface area contributed by atoms with Crippen molar-refractivity contribution in [2.24, 2.45) is 0 Å². The molecule has 1 aromatic rings. The Hall–Kier alpha value is -1.60. The first-order chi connectivity index (χ1) is 9.38. The fourth-order valence-electron chi connectivity index (χ4n) is 3.29. The first-order valence-electron chi connectivity index (χ1n) is 7.22. The van der Waals surface area contributed by atoms with Crippen molar-refractivity contribution in [1.29, 1.82) is 5.26 Å². The first kappa shape index (κ1) is 12.4. The van der Waals surface area contributed by atoms with Gasteiger partial charge in [-0.2, -0.15) is 5.26 Å². The number of hydrogen-bond acceptors (Lipinski definition) is 4. The summed E-state index contributed by atoms with van der Waals surface area (Å²) in [6.07, 6.45) is 6.94. The number of aromatic nitrogens is 1. The maximum Gasteiger partial charge on any atom is 0.146 e. The van der Waals surface area contributed by atoms with Crippen molar-refractivity contribution in [2.75, 3.05) is 31.1 Å². The van der Waals surface area contributed by atoms with E-state index in [1.807, 2.05) is 12.1 Å². The molecule has 0 saturated carbocycles. The predicted molar refractivity (Wildman–Crippen MR) is 75.0 cm³/mol. The molecule has 2 saturated heterocycles. The van der Waals surface area contributed by atoms with Crippen molar-refractivity contribution < 1.29 is 0 Å². The molecule has 0 amide bonds.